The molecule has 0 aliphatic rings. The summed E-state index contributed by atoms with van der Waals surface area (Å²) in [6.45, 7) is 12.3. The molecule has 0 aromatic heterocycles. The van der Waals surface area contributed by atoms with E-state index in [1.54, 1.807) is 0 Å². The summed E-state index contributed by atoms with van der Waals surface area (Å²) in [5.74, 6) is -9.63. The number of aliphatic carboxylic acids is 1. The van der Waals surface area contributed by atoms with Crippen LogP contribution < -0.4 is 53.6 Å². The number of carboxylic acids is 1. The number of nitrogens with one attached hydrogen (secondary N) is 9. The lowest BCUT2D eigenvalue weighted by molar-refractivity contribution is -0.142. The summed E-state index contributed by atoms with van der Waals surface area (Å²) in [7, 11) is 0. The molecule has 0 aromatic carbocycles. The Balaban J connectivity index is 5.36. The minimum absolute atomic E-state index is 0.641. The van der Waals surface area contributed by atoms with Crippen molar-refractivity contribution in [2.24, 2.45) is 5.73 Å². The Morgan fingerprint density at radius 1 is 0.333 bits per heavy atom. The van der Waals surface area contributed by atoms with Crippen molar-refractivity contribution in [2.75, 3.05) is 0 Å². The van der Waals surface area contributed by atoms with Crippen LogP contribution in [-0.2, 0) is 47.9 Å². The quantitative estimate of drug-likeness (QED) is 0.0483. The van der Waals surface area contributed by atoms with E-state index < -0.39 is 138 Å². The van der Waals surface area contributed by atoms with Gasteiger partial charge in [0, 0.05) is 0 Å². The van der Waals surface area contributed by atoms with Crippen molar-refractivity contribution in [2.45, 2.75) is 148 Å². The highest BCUT2D eigenvalue weighted by Crippen LogP contribution is 2.01. The number of carboxylic acid groups (broad SMARTS) is 1. The molecular formula is C33H58N10O14. The van der Waals surface area contributed by atoms with E-state index in [4.69, 9.17) is 10.8 Å². The molecule has 0 saturated carbocycles. The lowest BCUT2D eigenvalue weighted by Crippen LogP contribution is -2.61. The second-order valence-corrected chi connectivity index (χ2v) is 13.7. The average Bonchev–Trinajstić information content (AvgIpc) is 3.09. The predicted molar refractivity (Wildman–Crippen MR) is 198 cm³/mol. The molecule has 0 aliphatic heterocycles. The normalized spacial score (nSPS) is 17.9. The van der Waals surface area contributed by atoms with Gasteiger partial charge in [0.1, 0.15) is 54.4 Å². The molecule has 0 fully saturated rings. The number of aliphatic hydroxyl groups excluding tert-OH is 3. The van der Waals surface area contributed by atoms with Gasteiger partial charge in [-0.25, -0.2) is 0 Å². The van der Waals surface area contributed by atoms with Crippen LogP contribution in [0.1, 0.15) is 69.2 Å². The third-order valence-corrected chi connectivity index (χ3v) is 8.09. The summed E-state index contributed by atoms with van der Waals surface area (Å²) >= 11 is 0. The van der Waals surface area contributed by atoms with Crippen molar-refractivity contribution < 1.29 is 68.4 Å². The molecule has 15 N–H and O–H groups in total. The van der Waals surface area contributed by atoms with Gasteiger partial charge in [-0.1, -0.05) is 0 Å². The SMILES string of the molecule is C[C@H](N)C(=O)N[C@@H](C)C(=O)N[C@H](C(=O)N[C@@H](C)C(=O)N[C@@H](C)C(=O)N[C@H](C(=O)N[C@@H](C)C(=O)N[C@@H](C)C(=O)N[C@H](C(=O)N[C@@H](C)C(=O)O)[C@@H](C)O)[C@@H](C)O)[C@@H](C)O. The molecule has 324 valence electrons. The van der Waals surface area contributed by atoms with E-state index in [0.29, 0.717) is 0 Å². The first-order valence-electron chi connectivity index (χ1n) is 17.9. The number of aliphatic hydroxyl groups is 3. The van der Waals surface area contributed by atoms with Crippen molar-refractivity contribution in [1.82, 2.24) is 47.9 Å². The zero-order valence-corrected chi connectivity index (χ0v) is 33.5. The van der Waals surface area contributed by atoms with E-state index in [1.165, 1.54) is 55.4 Å². The molecule has 0 saturated heterocycles. The number of hydrogen-bond acceptors (Lipinski definition) is 14. The largest absolute Gasteiger partial charge is 0.480 e. The van der Waals surface area contributed by atoms with Gasteiger partial charge in [0.15, 0.2) is 0 Å². The highest BCUT2D eigenvalue weighted by atomic mass is 16.4. The molecule has 0 bridgehead atoms. The zero-order valence-electron chi connectivity index (χ0n) is 33.5. The molecule has 24 nitrogen and oxygen atoms in total. The monoisotopic (exact) mass is 818 g/mol. The van der Waals surface area contributed by atoms with Crippen LogP contribution in [0.5, 0.6) is 0 Å². The summed E-state index contributed by atoms with van der Waals surface area (Å²) in [6, 6.07) is -13.6. The first-order valence-corrected chi connectivity index (χ1v) is 17.9. The molecule has 0 spiro atoms. The molecule has 0 radical (unpaired) electrons. The van der Waals surface area contributed by atoms with E-state index in [-0.39, 0.29) is 0 Å². The summed E-state index contributed by atoms with van der Waals surface area (Å²) in [5, 5.41) is 59.6. The van der Waals surface area contributed by atoms with Crippen molar-refractivity contribution in [3.05, 3.63) is 0 Å². The highest BCUT2D eigenvalue weighted by molar-refractivity contribution is 5.98. The maximum absolute atomic E-state index is 13.0. The topological polar surface area (TPSA) is 386 Å². The van der Waals surface area contributed by atoms with Gasteiger partial charge < -0.3 is 74.0 Å². The van der Waals surface area contributed by atoms with Gasteiger partial charge in [0.2, 0.25) is 53.2 Å². The van der Waals surface area contributed by atoms with Crippen molar-refractivity contribution in [1.29, 1.82) is 0 Å². The minimum Gasteiger partial charge on any atom is -0.480 e. The number of nitrogens with two attached hydrogens (primary N) is 1. The summed E-state index contributed by atoms with van der Waals surface area (Å²) < 4.78 is 0. The fourth-order valence-electron chi connectivity index (χ4n) is 4.37. The molecule has 13 atom stereocenters. The van der Waals surface area contributed by atoms with Crippen molar-refractivity contribution >= 4 is 59.1 Å². The second-order valence-electron chi connectivity index (χ2n) is 13.7. The maximum Gasteiger partial charge on any atom is 0.325 e. The van der Waals surface area contributed by atoms with Gasteiger partial charge in [0.25, 0.3) is 0 Å². The van der Waals surface area contributed by atoms with E-state index in [1.807, 2.05) is 0 Å². The molecule has 9 amide bonds. The highest BCUT2D eigenvalue weighted by Gasteiger charge is 2.34. The second kappa shape index (κ2) is 23.6. The number of amides is 9. The standard InChI is InChI=1S/C33H58N10O14/c1-11(34)24(47)35-14(4)27(50)41-21(18(8)44)30(53)38-12(2)25(48)36-15(5)28(51)42-22(19(9)45)31(54)39-13(3)26(49)37-16(6)29(52)43-23(20(10)46)32(55)40-17(7)33(56)57/h11-23,44-46H,34H2,1-10H3,(H,35,47)(H,36,48)(H,37,49)(H,38,53)(H,39,54)(H,40,55)(H,41,50)(H,42,51)(H,43,52)(H,56,57)/t11-,12-,13-,14-,15-,16-,17-,18+,19+,20+,21-,22-,23-/m0/s1. The molecule has 0 rings (SSSR count). The van der Waals surface area contributed by atoms with Gasteiger partial charge in [0.05, 0.1) is 24.4 Å². The van der Waals surface area contributed by atoms with E-state index in [2.05, 4.69) is 47.9 Å². The van der Waals surface area contributed by atoms with Crippen molar-refractivity contribution in [3.8, 4) is 0 Å². The first-order chi connectivity index (χ1) is 26.1. The average molecular weight is 819 g/mol. The molecule has 0 unspecified atom stereocenters. The number of hydrogen-bond donors (Lipinski definition) is 14. The van der Waals surface area contributed by atoms with Gasteiger partial charge in [-0.3, -0.25) is 47.9 Å². The van der Waals surface area contributed by atoms with Gasteiger partial charge in [-0.05, 0) is 69.2 Å². The smallest absolute Gasteiger partial charge is 0.325 e. The number of rotatable bonds is 22. The molecule has 0 aromatic rings. The van der Waals surface area contributed by atoms with Crippen LogP contribution >= 0.6 is 0 Å². The summed E-state index contributed by atoms with van der Waals surface area (Å²) in [5.41, 5.74) is 5.47. The van der Waals surface area contributed by atoms with Crippen LogP contribution in [0.3, 0.4) is 0 Å². The van der Waals surface area contributed by atoms with Crippen LogP contribution in [0.2, 0.25) is 0 Å². The zero-order chi connectivity index (χ0) is 44.6. The van der Waals surface area contributed by atoms with Crippen LogP contribution in [0.15, 0.2) is 0 Å². The van der Waals surface area contributed by atoms with E-state index in [0.717, 1.165) is 13.8 Å². The Morgan fingerprint density at radius 3 is 0.737 bits per heavy atom. The Kier molecular flexibility index (Phi) is 21.3. The Bertz CT molecular complexity index is 1490. The third kappa shape index (κ3) is 17.5. The lowest BCUT2D eigenvalue weighted by Gasteiger charge is -2.27. The van der Waals surface area contributed by atoms with Crippen LogP contribution in [0.4, 0.5) is 0 Å². The Morgan fingerprint density at radius 2 is 0.526 bits per heavy atom. The van der Waals surface area contributed by atoms with Gasteiger partial charge >= 0.3 is 5.97 Å². The first kappa shape index (κ1) is 51.5. The molecule has 0 aliphatic carbocycles. The fourth-order valence-corrected chi connectivity index (χ4v) is 4.37. The molecule has 57 heavy (non-hydrogen) atoms. The molecule has 0 heterocycles. The Labute approximate surface area is 328 Å². The van der Waals surface area contributed by atoms with E-state index in [9.17, 15) is 63.3 Å². The van der Waals surface area contributed by atoms with Crippen molar-refractivity contribution in [3.63, 3.8) is 0 Å². The number of carbonyl (C=O) groups excluding carboxylic acids is 9. The maximum atomic E-state index is 13.0. The third-order valence-electron chi connectivity index (χ3n) is 8.09. The molecule has 24 heteroatoms. The van der Waals surface area contributed by atoms with E-state index >= 15 is 0 Å². The van der Waals surface area contributed by atoms with Gasteiger partial charge in [-0.15, -0.1) is 0 Å². The van der Waals surface area contributed by atoms with Gasteiger partial charge in [-0.2, -0.15) is 0 Å². The number of carbonyl (C=O) groups is 10. The minimum atomic E-state index is -1.67. The van der Waals surface area contributed by atoms with Crippen LogP contribution in [0, 0.1) is 0 Å². The summed E-state index contributed by atoms with van der Waals surface area (Å²) in [4.78, 5) is 125. The van der Waals surface area contributed by atoms with Crippen LogP contribution in [-0.4, -0.2) is 158 Å². The lowest BCUT2D eigenvalue weighted by atomic mass is 10.1. The predicted octanol–water partition coefficient (Wildman–Crippen LogP) is -6.96. The fraction of sp³-hybridized carbons (Fsp3) is 0.697. The Hall–Kier alpha value is -5.46. The van der Waals surface area contributed by atoms with Crippen LogP contribution in [0.25, 0.3) is 0 Å². The molecular weight excluding hydrogens is 760 g/mol. The summed E-state index contributed by atoms with van der Waals surface area (Å²) in [6.07, 6.45) is -4.45.